The number of methoxy groups -OCH3 is 1. The van der Waals surface area contributed by atoms with Gasteiger partial charge in [0.05, 0.1) is 13.0 Å². The summed E-state index contributed by atoms with van der Waals surface area (Å²) < 4.78 is 9.77. The van der Waals surface area contributed by atoms with Crippen molar-refractivity contribution in [3.63, 3.8) is 0 Å². The van der Waals surface area contributed by atoms with E-state index in [1.54, 1.807) is 26.2 Å². The van der Waals surface area contributed by atoms with Gasteiger partial charge in [-0.25, -0.2) is 14.8 Å². The fourth-order valence-corrected chi connectivity index (χ4v) is 1.40. The molecule has 1 aliphatic rings. The zero-order valence-electron chi connectivity index (χ0n) is 10.1. The molecule has 0 aromatic carbocycles. The lowest BCUT2D eigenvalue weighted by molar-refractivity contribution is -0.153. The second kappa shape index (κ2) is 5.16. The van der Waals surface area contributed by atoms with Gasteiger partial charge in [0, 0.05) is 21.1 Å². The Morgan fingerprint density at radius 3 is 2.19 bits per heavy atom. The number of carbonyl (C=O) groups excluding carboxylic acids is 2. The average molecular weight is 230 g/mol. The van der Waals surface area contributed by atoms with Crippen LogP contribution < -0.4 is 0 Å². The molecule has 0 spiro atoms. The summed E-state index contributed by atoms with van der Waals surface area (Å²) in [6.07, 6.45) is 0.539. The van der Waals surface area contributed by atoms with Crippen LogP contribution in [0.15, 0.2) is 0 Å². The largest absolute Gasteiger partial charge is 0.469 e. The maximum absolute atomic E-state index is 11.5. The first-order valence-electron chi connectivity index (χ1n) is 5.15. The predicted molar refractivity (Wildman–Crippen MR) is 56.5 cm³/mol. The third kappa shape index (κ3) is 2.85. The second-order valence-corrected chi connectivity index (χ2v) is 4.07. The zero-order valence-corrected chi connectivity index (χ0v) is 10.1. The number of rotatable bonds is 3. The molecule has 1 aliphatic carbocycles. The van der Waals surface area contributed by atoms with E-state index in [4.69, 9.17) is 4.74 Å². The first-order chi connectivity index (χ1) is 7.45. The molecule has 6 heteroatoms. The summed E-state index contributed by atoms with van der Waals surface area (Å²) >= 11 is 0. The minimum Gasteiger partial charge on any atom is -0.469 e. The number of hydrogen-bond donors (Lipinski definition) is 0. The molecular weight excluding hydrogens is 212 g/mol. The summed E-state index contributed by atoms with van der Waals surface area (Å²) in [5, 5.41) is 2.99. The van der Waals surface area contributed by atoms with Crippen LogP contribution in [0.25, 0.3) is 0 Å². The molecule has 16 heavy (non-hydrogen) atoms. The first kappa shape index (κ1) is 12.8. The van der Waals surface area contributed by atoms with Crippen LogP contribution in [0.5, 0.6) is 0 Å². The van der Waals surface area contributed by atoms with Gasteiger partial charge >= 0.3 is 12.1 Å². The van der Waals surface area contributed by atoms with E-state index in [-0.39, 0.29) is 18.0 Å². The third-order valence-corrected chi connectivity index (χ3v) is 2.76. The lowest BCUT2D eigenvalue weighted by atomic mass is 9.82. The predicted octanol–water partition coefficient (Wildman–Crippen LogP) is 0.483. The Kier molecular flexibility index (Phi) is 4.12. The van der Waals surface area contributed by atoms with Crippen molar-refractivity contribution < 1.29 is 19.1 Å². The number of hydrogen-bond acceptors (Lipinski definition) is 5. The molecule has 0 aromatic rings. The zero-order chi connectivity index (χ0) is 12.3. The normalized spacial score (nSPS) is 23.6. The summed E-state index contributed by atoms with van der Waals surface area (Å²) in [5.74, 6) is -0.347. The number of esters is 1. The molecular formula is C10H18N2O4. The Hall–Kier alpha value is -1.30. The summed E-state index contributed by atoms with van der Waals surface area (Å²) in [6, 6.07) is 0. The van der Waals surface area contributed by atoms with E-state index in [1.165, 1.54) is 12.1 Å². The molecule has 1 amide bonds. The highest BCUT2D eigenvalue weighted by molar-refractivity contribution is 5.74. The van der Waals surface area contributed by atoms with Gasteiger partial charge in [0.1, 0.15) is 6.10 Å². The molecule has 92 valence electrons. The van der Waals surface area contributed by atoms with Gasteiger partial charge in [-0.15, -0.1) is 0 Å². The van der Waals surface area contributed by atoms with Crippen molar-refractivity contribution in [2.24, 2.45) is 5.92 Å². The molecule has 0 aromatic heterocycles. The highest BCUT2D eigenvalue weighted by Crippen LogP contribution is 2.31. The van der Waals surface area contributed by atoms with E-state index >= 15 is 0 Å². The Morgan fingerprint density at radius 2 is 1.75 bits per heavy atom. The van der Waals surface area contributed by atoms with Crippen molar-refractivity contribution in [2.75, 3.05) is 28.3 Å². The van der Waals surface area contributed by atoms with Gasteiger partial charge in [0.15, 0.2) is 0 Å². The fourth-order valence-electron chi connectivity index (χ4n) is 1.40. The van der Waals surface area contributed by atoms with Crippen LogP contribution in [0.3, 0.4) is 0 Å². The number of amides is 1. The maximum Gasteiger partial charge on any atom is 0.424 e. The molecule has 1 fully saturated rings. The molecule has 0 unspecified atom stereocenters. The molecule has 0 radical (unpaired) electrons. The van der Waals surface area contributed by atoms with Crippen LogP contribution in [0.1, 0.15) is 12.8 Å². The summed E-state index contributed by atoms with van der Waals surface area (Å²) in [4.78, 5) is 22.6. The van der Waals surface area contributed by atoms with Crippen LogP contribution >= 0.6 is 0 Å². The molecule has 0 heterocycles. The van der Waals surface area contributed by atoms with Gasteiger partial charge in [-0.1, -0.05) is 0 Å². The van der Waals surface area contributed by atoms with E-state index in [0.717, 1.165) is 0 Å². The third-order valence-electron chi connectivity index (χ3n) is 2.76. The summed E-state index contributed by atoms with van der Waals surface area (Å²) in [7, 11) is 6.48. The number of nitrogens with zero attached hydrogens (tertiary/aromatic N) is 2. The number of carbonyl (C=O) groups is 2. The maximum atomic E-state index is 11.5. The van der Waals surface area contributed by atoms with Crippen molar-refractivity contribution in [1.82, 2.24) is 10.0 Å². The standard InChI is InChI=1S/C10H18N2O4/c1-11(2)12(3)10(14)16-8-5-7(6-8)9(13)15-4/h7-8H,5-6H2,1-4H3. The monoisotopic (exact) mass is 230 g/mol. The Morgan fingerprint density at radius 1 is 1.19 bits per heavy atom. The van der Waals surface area contributed by atoms with Gasteiger partial charge in [-0.05, 0) is 12.8 Å². The minimum absolute atomic E-state index is 0.118. The second-order valence-electron chi connectivity index (χ2n) is 4.07. The molecule has 0 aliphatic heterocycles. The van der Waals surface area contributed by atoms with Crippen molar-refractivity contribution in [3.8, 4) is 0 Å². The van der Waals surface area contributed by atoms with Gasteiger partial charge in [0.2, 0.25) is 0 Å². The lowest BCUT2D eigenvalue weighted by Gasteiger charge is -2.34. The van der Waals surface area contributed by atoms with Crippen LogP contribution in [0, 0.1) is 5.92 Å². The average Bonchev–Trinajstić information content (AvgIpc) is 2.19. The van der Waals surface area contributed by atoms with Crippen molar-refractivity contribution in [1.29, 1.82) is 0 Å². The van der Waals surface area contributed by atoms with Crippen molar-refractivity contribution >= 4 is 12.1 Å². The van der Waals surface area contributed by atoms with Gasteiger partial charge in [-0.3, -0.25) is 4.79 Å². The van der Waals surface area contributed by atoms with Gasteiger partial charge < -0.3 is 9.47 Å². The Labute approximate surface area is 95.1 Å². The van der Waals surface area contributed by atoms with E-state index in [0.29, 0.717) is 12.8 Å². The van der Waals surface area contributed by atoms with Crippen molar-refractivity contribution in [2.45, 2.75) is 18.9 Å². The SMILES string of the molecule is COC(=O)C1CC(OC(=O)N(C)N(C)C)C1. The Bertz CT molecular complexity index is 274. The van der Waals surface area contributed by atoms with Crippen molar-refractivity contribution in [3.05, 3.63) is 0 Å². The van der Waals surface area contributed by atoms with E-state index < -0.39 is 6.09 Å². The number of hydrazine groups is 1. The quantitative estimate of drug-likeness (QED) is 0.521. The summed E-state index contributed by atoms with van der Waals surface area (Å²) in [5.41, 5.74) is 0. The van der Waals surface area contributed by atoms with Crippen LogP contribution in [0.4, 0.5) is 4.79 Å². The van der Waals surface area contributed by atoms with Gasteiger partial charge in [0.25, 0.3) is 0 Å². The van der Waals surface area contributed by atoms with Crippen LogP contribution in [0.2, 0.25) is 0 Å². The van der Waals surface area contributed by atoms with Gasteiger partial charge in [-0.2, -0.15) is 0 Å². The van der Waals surface area contributed by atoms with Crippen LogP contribution in [-0.4, -0.2) is 56.4 Å². The lowest BCUT2D eigenvalue weighted by Crippen LogP contribution is -2.44. The molecule has 0 atom stereocenters. The molecule has 1 rings (SSSR count). The molecule has 6 nitrogen and oxygen atoms in total. The van der Waals surface area contributed by atoms with E-state index in [1.807, 2.05) is 0 Å². The molecule has 1 saturated carbocycles. The highest BCUT2D eigenvalue weighted by Gasteiger charge is 2.38. The minimum atomic E-state index is -0.404. The fraction of sp³-hybridized carbons (Fsp3) is 0.800. The smallest absolute Gasteiger partial charge is 0.424 e. The van der Waals surface area contributed by atoms with Crippen LogP contribution in [-0.2, 0) is 14.3 Å². The topological polar surface area (TPSA) is 59.1 Å². The molecule has 0 saturated heterocycles. The van der Waals surface area contributed by atoms with E-state index in [9.17, 15) is 9.59 Å². The highest BCUT2D eigenvalue weighted by atomic mass is 16.6. The number of ether oxygens (including phenoxy) is 2. The van der Waals surface area contributed by atoms with E-state index in [2.05, 4.69) is 4.74 Å². The Balaban J connectivity index is 2.27. The molecule has 0 N–H and O–H groups in total. The first-order valence-corrected chi connectivity index (χ1v) is 5.15. The summed E-state index contributed by atoms with van der Waals surface area (Å²) in [6.45, 7) is 0. The molecule has 0 bridgehead atoms.